The Labute approximate surface area is 129 Å². The Hall–Kier alpha value is -2.56. The van der Waals surface area contributed by atoms with Crippen molar-refractivity contribution < 1.29 is 13.9 Å². The number of rotatable bonds is 5. The first-order valence-corrected chi connectivity index (χ1v) is 6.94. The number of nitrogens with one attached hydrogen (secondary N) is 2. The summed E-state index contributed by atoms with van der Waals surface area (Å²) in [5, 5.41) is 5.71. The monoisotopic (exact) mass is 302 g/mol. The molecule has 2 aromatic rings. The topological polar surface area (TPSA) is 50.4 Å². The van der Waals surface area contributed by atoms with Gasteiger partial charge in [0.05, 0.1) is 13.7 Å². The van der Waals surface area contributed by atoms with Gasteiger partial charge in [0.1, 0.15) is 0 Å². The Morgan fingerprint density at radius 1 is 1.18 bits per heavy atom. The van der Waals surface area contributed by atoms with Gasteiger partial charge in [0.2, 0.25) is 5.91 Å². The van der Waals surface area contributed by atoms with Crippen LogP contribution in [0.1, 0.15) is 11.1 Å². The summed E-state index contributed by atoms with van der Waals surface area (Å²) in [6.07, 6.45) is 0. The first-order chi connectivity index (χ1) is 10.5. The molecule has 0 aliphatic heterocycles. The fourth-order valence-corrected chi connectivity index (χ4v) is 2.11. The van der Waals surface area contributed by atoms with E-state index < -0.39 is 5.82 Å². The largest absolute Gasteiger partial charge is 0.494 e. The zero-order valence-electron chi connectivity index (χ0n) is 12.9. The molecule has 116 valence electrons. The van der Waals surface area contributed by atoms with Crippen molar-refractivity contribution in [2.24, 2.45) is 0 Å². The van der Waals surface area contributed by atoms with Gasteiger partial charge < -0.3 is 15.4 Å². The predicted molar refractivity (Wildman–Crippen MR) is 86.0 cm³/mol. The van der Waals surface area contributed by atoms with Crippen LogP contribution in [-0.4, -0.2) is 19.6 Å². The van der Waals surface area contributed by atoms with Gasteiger partial charge in [-0.2, -0.15) is 0 Å². The third kappa shape index (κ3) is 3.97. The van der Waals surface area contributed by atoms with Gasteiger partial charge in [-0.25, -0.2) is 4.39 Å². The predicted octanol–water partition coefficient (Wildman–Crippen LogP) is 3.50. The van der Waals surface area contributed by atoms with Crippen molar-refractivity contribution in [2.75, 3.05) is 24.3 Å². The summed E-state index contributed by atoms with van der Waals surface area (Å²) >= 11 is 0. The second-order valence-corrected chi connectivity index (χ2v) is 5.07. The zero-order valence-corrected chi connectivity index (χ0v) is 12.9. The molecule has 0 aromatic heterocycles. The molecule has 0 saturated carbocycles. The molecule has 0 fully saturated rings. The van der Waals surface area contributed by atoms with E-state index in [-0.39, 0.29) is 18.2 Å². The van der Waals surface area contributed by atoms with Crippen molar-refractivity contribution in [3.05, 3.63) is 53.3 Å². The molecule has 0 saturated heterocycles. The Morgan fingerprint density at radius 3 is 2.59 bits per heavy atom. The van der Waals surface area contributed by atoms with E-state index in [1.165, 1.54) is 19.2 Å². The number of halogens is 1. The lowest BCUT2D eigenvalue weighted by Crippen LogP contribution is -2.22. The summed E-state index contributed by atoms with van der Waals surface area (Å²) in [4.78, 5) is 11.9. The SMILES string of the molecule is COc1ccc(NCC(=O)Nc2ccc(C)cc2C)cc1F. The maximum absolute atomic E-state index is 13.5. The molecular weight excluding hydrogens is 283 g/mol. The molecule has 22 heavy (non-hydrogen) atoms. The summed E-state index contributed by atoms with van der Waals surface area (Å²) in [6, 6.07) is 10.3. The Kier molecular flexibility index (Phi) is 4.99. The maximum atomic E-state index is 13.5. The highest BCUT2D eigenvalue weighted by Crippen LogP contribution is 2.20. The molecule has 2 rings (SSSR count). The fourth-order valence-electron chi connectivity index (χ4n) is 2.11. The highest BCUT2D eigenvalue weighted by atomic mass is 19.1. The second-order valence-electron chi connectivity index (χ2n) is 5.07. The highest BCUT2D eigenvalue weighted by Gasteiger charge is 2.07. The Balaban J connectivity index is 1.94. The number of anilines is 2. The van der Waals surface area contributed by atoms with Crippen LogP contribution in [0.15, 0.2) is 36.4 Å². The molecule has 4 nitrogen and oxygen atoms in total. The minimum atomic E-state index is -0.470. The van der Waals surface area contributed by atoms with Crippen LogP contribution in [0, 0.1) is 19.7 Å². The third-order valence-corrected chi connectivity index (χ3v) is 3.26. The number of hydrogen-bond acceptors (Lipinski definition) is 3. The summed E-state index contributed by atoms with van der Waals surface area (Å²) < 4.78 is 18.4. The van der Waals surface area contributed by atoms with E-state index in [2.05, 4.69) is 10.6 Å². The van der Waals surface area contributed by atoms with Crippen molar-refractivity contribution in [1.29, 1.82) is 0 Å². The maximum Gasteiger partial charge on any atom is 0.243 e. The molecule has 0 atom stereocenters. The van der Waals surface area contributed by atoms with E-state index >= 15 is 0 Å². The summed E-state index contributed by atoms with van der Waals surface area (Å²) in [5.41, 5.74) is 3.44. The minimum Gasteiger partial charge on any atom is -0.494 e. The molecule has 0 heterocycles. The number of benzene rings is 2. The van der Waals surface area contributed by atoms with E-state index in [1.54, 1.807) is 6.07 Å². The molecule has 2 N–H and O–H groups in total. The Bertz CT molecular complexity index is 686. The normalized spacial score (nSPS) is 10.2. The number of carbonyl (C=O) groups is 1. The van der Waals surface area contributed by atoms with Crippen LogP contribution in [0.5, 0.6) is 5.75 Å². The van der Waals surface area contributed by atoms with Crippen LogP contribution in [0.4, 0.5) is 15.8 Å². The average molecular weight is 302 g/mol. The van der Waals surface area contributed by atoms with Gasteiger partial charge in [0, 0.05) is 17.4 Å². The van der Waals surface area contributed by atoms with Crippen LogP contribution in [0.3, 0.4) is 0 Å². The smallest absolute Gasteiger partial charge is 0.243 e. The lowest BCUT2D eigenvalue weighted by molar-refractivity contribution is -0.114. The Morgan fingerprint density at radius 2 is 1.95 bits per heavy atom. The van der Waals surface area contributed by atoms with Gasteiger partial charge in [-0.3, -0.25) is 4.79 Å². The van der Waals surface area contributed by atoms with Crippen molar-refractivity contribution >= 4 is 17.3 Å². The summed E-state index contributed by atoms with van der Waals surface area (Å²) in [6.45, 7) is 3.99. The van der Waals surface area contributed by atoms with Crippen LogP contribution in [0.25, 0.3) is 0 Å². The van der Waals surface area contributed by atoms with Gasteiger partial charge in [-0.15, -0.1) is 0 Å². The fraction of sp³-hybridized carbons (Fsp3) is 0.235. The van der Waals surface area contributed by atoms with E-state index in [0.717, 1.165) is 16.8 Å². The third-order valence-electron chi connectivity index (χ3n) is 3.26. The molecule has 1 amide bonds. The molecule has 5 heteroatoms. The van der Waals surface area contributed by atoms with Crippen molar-refractivity contribution in [3.63, 3.8) is 0 Å². The molecule has 0 radical (unpaired) electrons. The van der Waals surface area contributed by atoms with Gasteiger partial charge in [0.15, 0.2) is 11.6 Å². The molecule has 0 aliphatic carbocycles. The van der Waals surface area contributed by atoms with Crippen LogP contribution in [0.2, 0.25) is 0 Å². The summed E-state index contributed by atoms with van der Waals surface area (Å²) in [7, 11) is 1.41. The molecule has 0 aliphatic rings. The van der Waals surface area contributed by atoms with E-state index in [9.17, 15) is 9.18 Å². The van der Waals surface area contributed by atoms with Gasteiger partial charge in [-0.05, 0) is 37.6 Å². The van der Waals surface area contributed by atoms with Gasteiger partial charge in [0.25, 0.3) is 0 Å². The van der Waals surface area contributed by atoms with Crippen LogP contribution < -0.4 is 15.4 Å². The first kappa shape index (κ1) is 15.8. The van der Waals surface area contributed by atoms with Crippen molar-refractivity contribution in [3.8, 4) is 5.75 Å². The van der Waals surface area contributed by atoms with E-state index in [4.69, 9.17) is 4.74 Å². The molecule has 2 aromatic carbocycles. The van der Waals surface area contributed by atoms with E-state index in [0.29, 0.717) is 5.69 Å². The number of ether oxygens (including phenoxy) is 1. The molecular formula is C17H19FN2O2. The minimum absolute atomic E-state index is 0.0546. The molecule has 0 bridgehead atoms. The average Bonchev–Trinajstić information content (AvgIpc) is 2.48. The van der Waals surface area contributed by atoms with Crippen LogP contribution >= 0.6 is 0 Å². The first-order valence-electron chi connectivity index (χ1n) is 6.94. The van der Waals surface area contributed by atoms with Gasteiger partial charge >= 0.3 is 0 Å². The lowest BCUT2D eigenvalue weighted by Gasteiger charge is -2.11. The quantitative estimate of drug-likeness (QED) is 0.888. The number of hydrogen-bond donors (Lipinski definition) is 2. The van der Waals surface area contributed by atoms with E-state index in [1.807, 2.05) is 32.0 Å². The summed E-state index contributed by atoms with van der Waals surface area (Å²) in [5.74, 6) is -0.490. The lowest BCUT2D eigenvalue weighted by atomic mass is 10.1. The second kappa shape index (κ2) is 6.93. The highest BCUT2D eigenvalue weighted by molar-refractivity contribution is 5.94. The molecule has 0 spiro atoms. The van der Waals surface area contributed by atoms with Gasteiger partial charge in [-0.1, -0.05) is 17.7 Å². The standard InChI is InChI=1S/C17H19FN2O2/c1-11-4-6-15(12(2)8-11)20-17(21)10-19-13-5-7-16(22-3)14(18)9-13/h4-9,19H,10H2,1-3H3,(H,20,21). The zero-order chi connectivity index (χ0) is 16.1. The number of carbonyl (C=O) groups excluding carboxylic acids is 1. The number of amides is 1. The number of aryl methyl sites for hydroxylation is 2. The molecule has 0 unspecified atom stereocenters. The van der Waals surface area contributed by atoms with Crippen molar-refractivity contribution in [2.45, 2.75) is 13.8 Å². The number of methoxy groups -OCH3 is 1. The van der Waals surface area contributed by atoms with Crippen LogP contribution in [-0.2, 0) is 4.79 Å². The van der Waals surface area contributed by atoms with Crippen molar-refractivity contribution in [1.82, 2.24) is 0 Å².